The van der Waals surface area contributed by atoms with Gasteiger partial charge in [-0.25, -0.2) is 4.39 Å². The van der Waals surface area contributed by atoms with E-state index >= 15 is 0 Å². The van der Waals surface area contributed by atoms with Crippen LogP contribution >= 0.6 is 15.9 Å². The molecule has 0 aromatic heterocycles. The maximum Gasteiger partial charge on any atom is 0.171 e. The van der Waals surface area contributed by atoms with Crippen molar-refractivity contribution >= 4 is 21.7 Å². The lowest BCUT2D eigenvalue weighted by Gasteiger charge is -2.10. The van der Waals surface area contributed by atoms with Gasteiger partial charge >= 0.3 is 0 Å². The summed E-state index contributed by atoms with van der Waals surface area (Å²) < 4.78 is 19.7. The van der Waals surface area contributed by atoms with Crippen molar-refractivity contribution in [2.45, 2.75) is 13.3 Å². The van der Waals surface area contributed by atoms with Crippen molar-refractivity contribution in [2.75, 3.05) is 7.11 Å². The Morgan fingerprint density at radius 2 is 2.00 bits per heavy atom. The van der Waals surface area contributed by atoms with E-state index in [-0.39, 0.29) is 18.0 Å². The van der Waals surface area contributed by atoms with Gasteiger partial charge in [-0.05, 0) is 36.2 Å². The van der Waals surface area contributed by atoms with Crippen LogP contribution in [0.15, 0.2) is 40.9 Å². The van der Waals surface area contributed by atoms with E-state index in [4.69, 9.17) is 4.74 Å². The van der Waals surface area contributed by atoms with Crippen molar-refractivity contribution in [1.29, 1.82) is 0 Å². The van der Waals surface area contributed by atoms with Crippen molar-refractivity contribution < 1.29 is 13.9 Å². The van der Waals surface area contributed by atoms with E-state index in [1.54, 1.807) is 30.3 Å². The van der Waals surface area contributed by atoms with Gasteiger partial charge in [0.2, 0.25) is 0 Å². The molecule has 2 nitrogen and oxygen atoms in total. The second-order valence-corrected chi connectivity index (χ2v) is 5.35. The van der Waals surface area contributed by atoms with Gasteiger partial charge in [-0.3, -0.25) is 4.79 Å². The van der Waals surface area contributed by atoms with Crippen molar-refractivity contribution in [3.05, 3.63) is 63.4 Å². The first-order valence-corrected chi connectivity index (χ1v) is 6.93. The summed E-state index contributed by atoms with van der Waals surface area (Å²) >= 11 is 3.40. The van der Waals surface area contributed by atoms with Gasteiger partial charge in [-0.1, -0.05) is 34.1 Å². The molecule has 0 heterocycles. The molecule has 0 aliphatic carbocycles. The second kappa shape index (κ2) is 6.18. The zero-order valence-electron chi connectivity index (χ0n) is 11.2. The third-order valence-corrected chi connectivity index (χ3v) is 3.94. The Morgan fingerprint density at radius 1 is 1.30 bits per heavy atom. The Hall–Kier alpha value is -1.68. The SMILES string of the molecule is COc1cc(C)c(Br)cc1C(=O)Cc1ccccc1F. The van der Waals surface area contributed by atoms with Gasteiger partial charge in [0.25, 0.3) is 0 Å². The summed E-state index contributed by atoms with van der Waals surface area (Å²) in [4.78, 5) is 12.3. The van der Waals surface area contributed by atoms with Gasteiger partial charge in [0, 0.05) is 10.9 Å². The number of rotatable bonds is 4. The van der Waals surface area contributed by atoms with Crippen LogP contribution in [0.4, 0.5) is 4.39 Å². The molecule has 20 heavy (non-hydrogen) atoms. The largest absolute Gasteiger partial charge is 0.496 e. The number of hydrogen-bond acceptors (Lipinski definition) is 2. The third kappa shape index (κ3) is 3.07. The molecular formula is C16H14BrFO2. The fourth-order valence-corrected chi connectivity index (χ4v) is 2.30. The number of aryl methyl sites for hydroxylation is 1. The Kier molecular flexibility index (Phi) is 4.55. The molecule has 0 N–H and O–H groups in total. The first kappa shape index (κ1) is 14.7. The lowest BCUT2D eigenvalue weighted by molar-refractivity contribution is 0.0989. The quantitative estimate of drug-likeness (QED) is 0.776. The maximum absolute atomic E-state index is 13.6. The van der Waals surface area contributed by atoms with Crippen LogP contribution in [0.25, 0.3) is 0 Å². The Bertz CT molecular complexity index is 653. The Labute approximate surface area is 125 Å². The molecule has 0 aliphatic rings. The minimum atomic E-state index is -0.369. The molecule has 4 heteroatoms. The van der Waals surface area contributed by atoms with Crippen LogP contribution in [0.2, 0.25) is 0 Å². The zero-order valence-corrected chi connectivity index (χ0v) is 12.8. The molecular weight excluding hydrogens is 323 g/mol. The topological polar surface area (TPSA) is 26.3 Å². The molecule has 0 atom stereocenters. The average molecular weight is 337 g/mol. The van der Waals surface area contributed by atoms with Gasteiger partial charge in [0.1, 0.15) is 11.6 Å². The van der Waals surface area contributed by atoms with E-state index in [0.29, 0.717) is 16.9 Å². The van der Waals surface area contributed by atoms with E-state index in [1.807, 2.05) is 6.92 Å². The lowest BCUT2D eigenvalue weighted by Crippen LogP contribution is -2.07. The lowest BCUT2D eigenvalue weighted by atomic mass is 10.0. The molecule has 2 aromatic rings. The Balaban J connectivity index is 2.34. The van der Waals surface area contributed by atoms with Crippen molar-refractivity contribution in [2.24, 2.45) is 0 Å². The Morgan fingerprint density at radius 3 is 2.65 bits per heavy atom. The van der Waals surface area contributed by atoms with Gasteiger partial charge < -0.3 is 4.74 Å². The molecule has 0 saturated heterocycles. The van der Waals surface area contributed by atoms with Crippen molar-refractivity contribution in [1.82, 2.24) is 0 Å². The number of carbonyl (C=O) groups is 1. The summed E-state index contributed by atoms with van der Waals surface area (Å²) in [5, 5.41) is 0. The van der Waals surface area contributed by atoms with Crippen LogP contribution in [0.1, 0.15) is 21.5 Å². The molecule has 0 spiro atoms. The molecule has 2 rings (SSSR count). The molecule has 2 aromatic carbocycles. The van der Waals surface area contributed by atoms with Crippen LogP contribution in [0, 0.1) is 12.7 Å². The highest BCUT2D eigenvalue weighted by Crippen LogP contribution is 2.28. The summed E-state index contributed by atoms with van der Waals surface area (Å²) in [5.41, 5.74) is 1.81. The highest BCUT2D eigenvalue weighted by atomic mass is 79.9. The predicted molar refractivity (Wildman–Crippen MR) is 79.9 cm³/mol. The average Bonchev–Trinajstić information content (AvgIpc) is 2.43. The fraction of sp³-hybridized carbons (Fsp3) is 0.188. The van der Waals surface area contributed by atoms with Crippen LogP contribution in [0.3, 0.4) is 0 Å². The van der Waals surface area contributed by atoms with Crippen molar-refractivity contribution in [3.8, 4) is 5.75 Å². The van der Waals surface area contributed by atoms with E-state index in [9.17, 15) is 9.18 Å². The zero-order chi connectivity index (χ0) is 14.7. The molecule has 0 unspecified atom stereocenters. The van der Waals surface area contributed by atoms with E-state index in [1.165, 1.54) is 13.2 Å². The minimum Gasteiger partial charge on any atom is -0.496 e. The van der Waals surface area contributed by atoms with Gasteiger partial charge in [-0.2, -0.15) is 0 Å². The molecule has 0 bridgehead atoms. The van der Waals surface area contributed by atoms with Crippen LogP contribution < -0.4 is 4.74 Å². The van der Waals surface area contributed by atoms with E-state index in [0.717, 1.165) is 10.0 Å². The highest BCUT2D eigenvalue weighted by Gasteiger charge is 2.16. The summed E-state index contributed by atoms with van der Waals surface area (Å²) in [7, 11) is 1.52. The number of ketones is 1. The smallest absolute Gasteiger partial charge is 0.171 e. The number of halogens is 2. The first-order valence-electron chi connectivity index (χ1n) is 6.13. The van der Waals surface area contributed by atoms with Gasteiger partial charge in [0.15, 0.2) is 5.78 Å². The number of carbonyl (C=O) groups excluding carboxylic acids is 1. The third-order valence-electron chi connectivity index (χ3n) is 3.09. The maximum atomic E-state index is 13.6. The number of Topliss-reactive ketones (excluding diaryl/α,β-unsaturated/α-hetero) is 1. The van der Waals surface area contributed by atoms with Crippen LogP contribution in [0.5, 0.6) is 5.75 Å². The molecule has 104 valence electrons. The van der Waals surface area contributed by atoms with Crippen LogP contribution in [-0.4, -0.2) is 12.9 Å². The molecule has 0 radical (unpaired) electrons. The predicted octanol–water partition coefficient (Wildman–Crippen LogP) is 4.33. The normalized spacial score (nSPS) is 10.4. The van der Waals surface area contributed by atoms with Crippen LogP contribution in [-0.2, 0) is 6.42 Å². The summed E-state index contributed by atoms with van der Waals surface area (Å²) in [6, 6.07) is 9.80. The second-order valence-electron chi connectivity index (χ2n) is 4.49. The van der Waals surface area contributed by atoms with Gasteiger partial charge in [0.05, 0.1) is 12.7 Å². The summed E-state index contributed by atoms with van der Waals surface area (Å²) in [6.07, 6.45) is 0.0124. The number of benzene rings is 2. The first-order chi connectivity index (χ1) is 9.52. The number of ether oxygens (including phenoxy) is 1. The standard InChI is InChI=1S/C16H14BrFO2/c1-10-7-16(20-2)12(9-13(10)17)15(19)8-11-5-3-4-6-14(11)18/h3-7,9H,8H2,1-2H3. The molecule has 0 saturated carbocycles. The number of hydrogen-bond donors (Lipinski definition) is 0. The fourth-order valence-electron chi connectivity index (χ4n) is 1.95. The summed E-state index contributed by atoms with van der Waals surface area (Å²) in [5.74, 6) is -0.0364. The van der Waals surface area contributed by atoms with E-state index < -0.39 is 0 Å². The molecule has 0 amide bonds. The molecule has 0 fully saturated rings. The van der Waals surface area contributed by atoms with Crippen molar-refractivity contribution in [3.63, 3.8) is 0 Å². The monoisotopic (exact) mass is 336 g/mol. The summed E-state index contributed by atoms with van der Waals surface area (Å²) in [6.45, 7) is 1.91. The highest BCUT2D eigenvalue weighted by molar-refractivity contribution is 9.10. The van der Waals surface area contributed by atoms with Gasteiger partial charge in [-0.15, -0.1) is 0 Å². The number of methoxy groups -OCH3 is 1. The minimum absolute atomic E-state index is 0.0124. The molecule has 0 aliphatic heterocycles. The van der Waals surface area contributed by atoms with E-state index in [2.05, 4.69) is 15.9 Å².